The van der Waals surface area contributed by atoms with Crippen molar-refractivity contribution in [3.63, 3.8) is 0 Å². The molecule has 2 N–H and O–H groups in total. The second-order valence-corrected chi connectivity index (χ2v) is 6.12. The molecule has 3 rings (SSSR count). The molecule has 22 heavy (non-hydrogen) atoms. The van der Waals surface area contributed by atoms with Crippen LogP contribution in [0.2, 0.25) is 0 Å². The first kappa shape index (κ1) is 14.7. The van der Waals surface area contributed by atoms with Crippen molar-refractivity contribution in [2.75, 3.05) is 7.11 Å². The fourth-order valence-electron chi connectivity index (χ4n) is 2.45. The van der Waals surface area contributed by atoms with Gasteiger partial charge >= 0.3 is 0 Å². The normalized spacial score (nSPS) is 20.5. The smallest absolute Gasteiger partial charge is 0.178 e. The summed E-state index contributed by atoms with van der Waals surface area (Å²) >= 11 is 1.33. The van der Waals surface area contributed by atoms with Crippen LogP contribution in [0.15, 0.2) is 59.6 Å². The van der Waals surface area contributed by atoms with Crippen LogP contribution in [0.3, 0.4) is 0 Å². The lowest BCUT2D eigenvalue weighted by Gasteiger charge is -2.16. The van der Waals surface area contributed by atoms with Gasteiger partial charge in [0, 0.05) is 5.56 Å². The molecule has 0 aliphatic carbocycles. The van der Waals surface area contributed by atoms with Crippen LogP contribution < -0.4 is 10.5 Å². The summed E-state index contributed by atoms with van der Waals surface area (Å²) < 4.78 is 5.12. The van der Waals surface area contributed by atoms with E-state index in [0.29, 0.717) is 10.7 Å². The zero-order valence-corrected chi connectivity index (χ0v) is 12.9. The second kappa shape index (κ2) is 6.23. The summed E-state index contributed by atoms with van der Waals surface area (Å²) in [4.78, 5) is 17.2. The highest BCUT2D eigenvalue weighted by atomic mass is 32.2. The van der Waals surface area contributed by atoms with Crippen molar-refractivity contribution in [1.29, 1.82) is 0 Å². The number of nitrogens with two attached hydrogens (primary N) is 1. The number of carbonyl (C=O) groups is 1. The van der Waals surface area contributed by atoms with Gasteiger partial charge < -0.3 is 10.5 Å². The van der Waals surface area contributed by atoms with Crippen molar-refractivity contribution in [1.82, 2.24) is 0 Å². The number of hydrogen-bond acceptors (Lipinski definition) is 5. The molecule has 1 aliphatic heterocycles. The molecule has 0 fully saturated rings. The van der Waals surface area contributed by atoms with Crippen LogP contribution in [0.5, 0.6) is 5.75 Å². The number of Topliss-reactive ketones (excluding diaryl/α,β-unsaturated/α-hetero) is 1. The van der Waals surface area contributed by atoms with Gasteiger partial charge in [-0.3, -0.25) is 9.79 Å². The highest BCUT2D eigenvalue weighted by Gasteiger charge is 2.36. The molecule has 0 aromatic heterocycles. The number of carbonyl (C=O) groups excluding carboxylic acids is 1. The molecule has 0 bridgehead atoms. The number of thioether (sulfide) groups is 1. The molecule has 2 aromatic rings. The van der Waals surface area contributed by atoms with E-state index >= 15 is 0 Å². The molecular weight excluding hydrogens is 296 g/mol. The van der Waals surface area contributed by atoms with Crippen LogP contribution in [0.25, 0.3) is 0 Å². The molecule has 0 unspecified atom stereocenters. The monoisotopic (exact) mass is 312 g/mol. The number of hydrogen-bond donors (Lipinski definition) is 1. The topological polar surface area (TPSA) is 64.7 Å². The van der Waals surface area contributed by atoms with Crippen molar-refractivity contribution < 1.29 is 9.53 Å². The molecule has 0 amide bonds. The van der Waals surface area contributed by atoms with Crippen LogP contribution in [-0.2, 0) is 0 Å². The third kappa shape index (κ3) is 2.85. The van der Waals surface area contributed by atoms with Gasteiger partial charge in [-0.05, 0) is 29.8 Å². The Morgan fingerprint density at radius 1 is 1.14 bits per heavy atom. The number of methoxy groups -OCH3 is 1. The molecule has 1 heterocycles. The molecule has 4 nitrogen and oxygen atoms in total. The van der Waals surface area contributed by atoms with Crippen molar-refractivity contribution in [3.05, 3.63) is 65.7 Å². The Labute approximate surface area is 133 Å². The Balaban J connectivity index is 1.87. The number of nitrogens with zero attached hydrogens (tertiary/aromatic N) is 1. The molecule has 112 valence electrons. The highest BCUT2D eigenvalue weighted by molar-refractivity contribution is 8.15. The van der Waals surface area contributed by atoms with Gasteiger partial charge in [0.1, 0.15) is 11.0 Å². The number of ketones is 1. The van der Waals surface area contributed by atoms with Crippen LogP contribution in [0, 0.1) is 0 Å². The zero-order chi connectivity index (χ0) is 15.5. The lowest BCUT2D eigenvalue weighted by Crippen LogP contribution is -2.22. The first-order chi connectivity index (χ1) is 10.7. The fourth-order valence-corrected chi connectivity index (χ4v) is 3.47. The standard InChI is InChI=1S/C17H16N2O2S/c1-21-13-9-7-12(8-10-13)15(20)16-14(19-17(18)22-16)11-5-3-2-4-6-11/h2-10,14,16H,1H3,(H2,18,19)/t14-,16-/m1/s1. The summed E-state index contributed by atoms with van der Waals surface area (Å²) in [5, 5.41) is 0.136. The van der Waals surface area contributed by atoms with Crippen LogP contribution in [0.4, 0.5) is 0 Å². The maximum absolute atomic E-state index is 12.8. The second-order valence-electron chi connectivity index (χ2n) is 4.95. The number of amidine groups is 1. The van der Waals surface area contributed by atoms with Gasteiger partial charge in [0.25, 0.3) is 0 Å². The number of rotatable bonds is 4. The van der Waals surface area contributed by atoms with Gasteiger partial charge in [0.05, 0.1) is 13.2 Å². The Kier molecular flexibility index (Phi) is 4.15. The van der Waals surface area contributed by atoms with E-state index in [9.17, 15) is 4.79 Å². The summed E-state index contributed by atoms with van der Waals surface area (Å²) in [6.07, 6.45) is 0. The van der Waals surface area contributed by atoms with Crippen LogP contribution in [0.1, 0.15) is 22.0 Å². The van der Waals surface area contributed by atoms with Gasteiger partial charge in [-0.2, -0.15) is 0 Å². The van der Waals surface area contributed by atoms with Crippen molar-refractivity contribution >= 4 is 22.7 Å². The molecule has 1 aliphatic rings. The molecule has 0 radical (unpaired) electrons. The Bertz CT molecular complexity index is 698. The minimum absolute atomic E-state index is 0.0331. The average molecular weight is 312 g/mol. The highest BCUT2D eigenvalue weighted by Crippen LogP contribution is 2.38. The zero-order valence-electron chi connectivity index (χ0n) is 12.1. The number of benzene rings is 2. The van der Waals surface area contributed by atoms with Gasteiger partial charge in [-0.25, -0.2) is 0 Å². The van der Waals surface area contributed by atoms with E-state index in [0.717, 1.165) is 11.3 Å². The average Bonchev–Trinajstić information content (AvgIpc) is 2.97. The molecule has 0 saturated heterocycles. The van der Waals surface area contributed by atoms with Crippen LogP contribution >= 0.6 is 11.8 Å². The lowest BCUT2D eigenvalue weighted by atomic mass is 9.98. The molecular formula is C17H16N2O2S. The van der Waals surface area contributed by atoms with Gasteiger partial charge in [0.2, 0.25) is 0 Å². The molecule has 5 heteroatoms. The quantitative estimate of drug-likeness (QED) is 0.881. The maximum atomic E-state index is 12.8. The fraction of sp³-hybridized carbons (Fsp3) is 0.176. The minimum atomic E-state index is -0.323. The predicted molar refractivity (Wildman–Crippen MR) is 89.5 cm³/mol. The minimum Gasteiger partial charge on any atom is -0.497 e. The molecule has 0 spiro atoms. The Morgan fingerprint density at radius 2 is 1.82 bits per heavy atom. The van der Waals surface area contributed by atoms with Gasteiger partial charge in [-0.1, -0.05) is 42.1 Å². The van der Waals surface area contributed by atoms with Gasteiger partial charge in [0.15, 0.2) is 11.0 Å². The van der Waals surface area contributed by atoms with E-state index < -0.39 is 0 Å². The Morgan fingerprint density at radius 3 is 2.45 bits per heavy atom. The number of ether oxygens (including phenoxy) is 1. The first-order valence-electron chi connectivity index (χ1n) is 6.92. The Hall–Kier alpha value is -2.27. The van der Waals surface area contributed by atoms with E-state index in [-0.39, 0.29) is 17.1 Å². The summed E-state index contributed by atoms with van der Waals surface area (Å²) in [6.45, 7) is 0. The lowest BCUT2D eigenvalue weighted by molar-refractivity contribution is 0.0983. The summed E-state index contributed by atoms with van der Waals surface area (Å²) in [7, 11) is 1.60. The summed E-state index contributed by atoms with van der Waals surface area (Å²) in [6, 6.07) is 16.7. The van der Waals surface area contributed by atoms with E-state index in [1.807, 2.05) is 30.3 Å². The third-order valence-electron chi connectivity index (χ3n) is 3.57. The van der Waals surface area contributed by atoms with E-state index in [4.69, 9.17) is 10.5 Å². The van der Waals surface area contributed by atoms with Crippen molar-refractivity contribution in [3.8, 4) is 5.75 Å². The molecule has 2 aromatic carbocycles. The molecule has 0 saturated carbocycles. The maximum Gasteiger partial charge on any atom is 0.178 e. The van der Waals surface area contributed by atoms with Gasteiger partial charge in [-0.15, -0.1) is 0 Å². The largest absolute Gasteiger partial charge is 0.497 e. The van der Waals surface area contributed by atoms with E-state index in [1.54, 1.807) is 31.4 Å². The number of aliphatic imine (C=N–C) groups is 1. The van der Waals surface area contributed by atoms with E-state index in [1.165, 1.54) is 11.8 Å². The summed E-state index contributed by atoms with van der Waals surface area (Å²) in [5.41, 5.74) is 7.50. The predicted octanol–water partition coefficient (Wildman–Crippen LogP) is 3.05. The van der Waals surface area contributed by atoms with Crippen molar-refractivity contribution in [2.24, 2.45) is 10.7 Å². The summed E-state index contributed by atoms with van der Waals surface area (Å²) in [5.74, 6) is 0.761. The van der Waals surface area contributed by atoms with E-state index in [2.05, 4.69) is 4.99 Å². The first-order valence-corrected chi connectivity index (χ1v) is 7.80. The van der Waals surface area contributed by atoms with Crippen molar-refractivity contribution in [2.45, 2.75) is 11.3 Å². The molecule has 2 atom stereocenters. The SMILES string of the molecule is COc1ccc(C(=O)[C@@H]2SC(N)=N[C@@H]2c2ccccc2)cc1. The third-order valence-corrected chi connectivity index (χ3v) is 4.65. The van der Waals surface area contributed by atoms with Crippen LogP contribution in [-0.4, -0.2) is 23.3 Å².